The van der Waals surface area contributed by atoms with Crippen molar-refractivity contribution in [2.45, 2.75) is 4.90 Å². The van der Waals surface area contributed by atoms with Gasteiger partial charge in [0.15, 0.2) is 11.4 Å². The minimum atomic E-state index is 0.676. The number of fused-ring (bicyclic) bond motifs is 8. The van der Waals surface area contributed by atoms with Crippen molar-refractivity contribution in [1.29, 1.82) is 0 Å². The number of hydrogen-bond acceptors (Lipinski definition) is 4. The fraction of sp³-hybridized carbons (Fsp3) is 0.0244. The van der Waals surface area contributed by atoms with Gasteiger partial charge in [-0.25, -0.2) is 9.97 Å². The Morgan fingerprint density at radius 1 is 0.717 bits per heavy atom. The molecule has 0 amide bonds. The maximum absolute atomic E-state index is 6.36. The Kier molecular flexibility index (Phi) is 6.25. The van der Waals surface area contributed by atoms with Crippen LogP contribution in [0.3, 0.4) is 0 Å². The molecule has 0 atom stereocenters. The van der Waals surface area contributed by atoms with E-state index in [1.807, 2.05) is 48.2 Å². The molecule has 218 valence electrons. The van der Waals surface area contributed by atoms with Gasteiger partial charge in [0.25, 0.3) is 0 Å². The van der Waals surface area contributed by atoms with Crippen LogP contribution in [-0.2, 0) is 0 Å². The number of thioether (sulfide) groups is 1. The van der Waals surface area contributed by atoms with E-state index in [0.29, 0.717) is 17.2 Å². The molecule has 0 spiro atoms. The van der Waals surface area contributed by atoms with Crippen LogP contribution in [0.25, 0.3) is 72.0 Å². The first-order chi connectivity index (χ1) is 22.7. The standard InChI is InChI=1S/C41H27N3OS/c1-26-13-12-16-28(41-42-36(27-14-4-2-5-15-27)39-37(43-41)33-20-9-11-22-35(33)45-39)25-46-40-30(26)23-24-32-31-19-8-10-21-34(31)44(38(32)40)29-17-6-3-7-18-29/h2-24H,1,25H2/b13-12-,28-16+. The summed E-state index contributed by atoms with van der Waals surface area (Å²) < 4.78 is 8.75. The summed E-state index contributed by atoms with van der Waals surface area (Å²) in [4.78, 5) is 11.5. The maximum atomic E-state index is 6.36. The molecule has 4 nitrogen and oxygen atoms in total. The molecule has 46 heavy (non-hydrogen) atoms. The van der Waals surface area contributed by atoms with E-state index >= 15 is 0 Å². The molecule has 0 saturated heterocycles. The van der Waals surface area contributed by atoms with Gasteiger partial charge in [0.2, 0.25) is 0 Å². The molecule has 0 saturated carbocycles. The molecule has 0 fully saturated rings. The quantitative estimate of drug-likeness (QED) is 0.200. The van der Waals surface area contributed by atoms with Crippen molar-refractivity contribution in [1.82, 2.24) is 14.5 Å². The van der Waals surface area contributed by atoms with Crippen LogP contribution in [0, 0.1) is 0 Å². The van der Waals surface area contributed by atoms with Crippen LogP contribution in [0.1, 0.15) is 11.4 Å². The number of rotatable bonds is 3. The van der Waals surface area contributed by atoms with Crippen LogP contribution in [0.4, 0.5) is 0 Å². The van der Waals surface area contributed by atoms with Gasteiger partial charge in [-0.15, -0.1) is 11.8 Å². The van der Waals surface area contributed by atoms with Gasteiger partial charge < -0.3 is 8.98 Å². The molecule has 4 heterocycles. The smallest absolute Gasteiger partial charge is 0.180 e. The van der Waals surface area contributed by atoms with Crippen molar-refractivity contribution in [3.8, 4) is 16.9 Å². The number of furan rings is 1. The minimum absolute atomic E-state index is 0.676. The van der Waals surface area contributed by atoms with Gasteiger partial charge in [0, 0.05) is 43.6 Å². The first-order valence-electron chi connectivity index (χ1n) is 15.3. The molecule has 5 aromatic carbocycles. The van der Waals surface area contributed by atoms with E-state index in [9.17, 15) is 0 Å². The molecule has 3 aromatic heterocycles. The summed E-state index contributed by atoms with van der Waals surface area (Å²) in [6.45, 7) is 4.50. The van der Waals surface area contributed by atoms with Gasteiger partial charge >= 0.3 is 0 Å². The van der Waals surface area contributed by atoms with E-state index in [0.717, 1.165) is 50.1 Å². The minimum Gasteiger partial charge on any atom is -0.452 e. The largest absolute Gasteiger partial charge is 0.452 e. The molecular formula is C41H27N3OS. The molecule has 1 aliphatic heterocycles. The zero-order valence-corrected chi connectivity index (χ0v) is 25.7. The van der Waals surface area contributed by atoms with E-state index in [4.69, 9.17) is 14.4 Å². The fourth-order valence-corrected chi connectivity index (χ4v) is 7.72. The summed E-state index contributed by atoms with van der Waals surface area (Å²) in [7, 11) is 0. The first-order valence-corrected chi connectivity index (χ1v) is 16.3. The van der Waals surface area contributed by atoms with Gasteiger partial charge in [0.05, 0.1) is 11.0 Å². The van der Waals surface area contributed by atoms with Crippen LogP contribution in [-0.4, -0.2) is 20.3 Å². The summed E-state index contributed by atoms with van der Waals surface area (Å²) in [5.74, 6) is 1.37. The monoisotopic (exact) mass is 609 g/mol. The predicted molar refractivity (Wildman–Crippen MR) is 192 cm³/mol. The molecule has 0 N–H and O–H groups in total. The van der Waals surface area contributed by atoms with Crippen molar-refractivity contribution >= 4 is 66.8 Å². The van der Waals surface area contributed by atoms with E-state index in [-0.39, 0.29) is 0 Å². The number of nitrogens with zero attached hydrogens (tertiary/aromatic N) is 3. The summed E-state index contributed by atoms with van der Waals surface area (Å²) in [5.41, 5.74) is 10.8. The molecule has 0 unspecified atom stereocenters. The molecule has 5 heteroatoms. The molecule has 9 rings (SSSR count). The third-order valence-corrected chi connectivity index (χ3v) is 9.83. The highest BCUT2D eigenvalue weighted by Crippen LogP contribution is 2.43. The molecule has 0 aliphatic carbocycles. The Morgan fingerprint density at radius 2 is 1.46 bits per heavy atom. The van der Waals surface area contributed by atoms with Crippen molar-refractivity contribution in [2.24, 2.45) is 0 Å². The highest BCUT2D eigenvalue weighted by atomic mass is 32.2. The molecule has 0 bridgehead atoms. The van der Waals surface area contributed by atoms with E-state index in [2.05, 4.69) is 114 Å². The third-order valence-electron chi connectivity index (χ3n) is 8.67. The normalized spacial score (nSPS) is 15.4. The highest BCUT2D eigenvalue weighted by molar-refractivity contribution is 8.00. The Morgan fingerprint density at radius 3 is 2.30 bits per heavy atom. The molecule has 1 aliphatic rings. The number of para-hydroxylation sites is 3. The van der Waals surface area contributed by atoms with E-state index < -0.39 is 0 Å². The van der Waals surface area contributed by atoms with E-state index in [1.54, 1.807) is 0 Å². The lowest BCUT2D eigenvalue weighted by Gasteiger charge is -2.15. The Bertz CT molecular complexity index is 2540. The molecular weight excluding hydrogens is 583 g/mol. The predicted octanol–water partition coefficient (Wildman–Crippen LogP) is 10.9. The van der Waals surface area contributed by atoms with Gasteiger partial charge in [-0.05, 0) is 41.5 Å². The zero-order valence-electron chi connectivity index (χ0n) is 24.9. The lowest BCUT2D eigenvalue weighted by atomic mass is 10.0. The van der Waals surface area contributed by atoms with Crippen molar-refractivity contribution < 1.29 is 4.42 Å². The number of hydrogen-bond donors (Lipinski definition) is 0. The maximum Gasteiger partial charge on any atom is 0.180 e. The van der Waals surface area contributed by atoms with Crippen LogP contribution >= 0.6 is 11.8 Å². The average Bonchev–Trinajstić information content (AvgIpc) is 3.67. The Hall–Kier alpha value is -5.65. The Labute approximate surface area is 270 Å². The van der Waals surface area contributed by atoms with Crippen molar-refractivity contribution in [2.75, 3.05) is 5.75 Å². The van der Waals surface area contributed by atoms with E-state index in [1.165, 1.54) is 26.7 Å². The highest BCUT2D eigenvalue weighted by Gasteiger charge is 2.22. The fourth-order valence-electron chi connectivity index (χ4n) is 6.51. The second-order valence-corrected chi connectivity index (χ2v) is 12.4. The second-order valence-electron chi connectivity index (χ2n) is 11.4. The lowest BCUT2D eigenvalue weighted by molar-refractivity contribution is 0.667. The van der Waals surface area contributed by atoms with Gasteiger partial charge in [-0.3, -0.25) is 0 Å². The van der Waals surface area contributed by atoms with Crippen LogP contribution in [0.2, 0.25) is 0 Å². The van der Waals surface area contributed by atoms with Gasteiger partial charge in [-0.1, -0.05) is 116 Å². The summed E-state index contributed by atoms with van der Waals surface area (Å²) in [5, 5.41) is 3.44. The molecule has 0 radical (unpaired) electrons. The first kappa shape index (κ1) is 26.7. The van der Waals surface area contributed by atoms with Crippen LogP contribution in [0.15, 0.2) is 155 Å². The topological polar surface area (TPSA) is 43.9 Å². The van der Waals surface area contributed by atoms with Crippen molar-refractivity contribution in [3.05, 3.63) is 158 Å². The number of benzene rings is 5. The van der Waals surface area contributed by atoms with Gasteiger partial charge in [-0.2, -0.15) is 0 Å². The lowest BCUT2D eigenvalue weighted by Crippen LogP contribution is -2.00. The molecule has 8 aromatic rings. The average molecular weight is 610 g/mol. The third kappa shape index (κ3) is 4.24. The second kappa shape index (κ2) is 10.8. The number of aromatic nitrogens is 3. The number of allylic oxidation sites excluding steroid dienone is 4. The Balaban J connectivity index is 1.25. The summed E-state index contributed by atoms with van der Waals surface area (Å²) >= 11 is 1.82. The summed E-state index contributed by atoms with van der Waals surface area (Å²) in [6.07, 6.45) is 6.30. The van der Waals surface area contributed by atoms with Crippen molar-refractivity contribution in [3.63, 3.8) is 0 Å². The summed E-state index contributed by atoms with van der Waals surface area (Å²) in [6, 6.07) is 42.0. The van der Waals surface area contributed by atoms with Gasteiger partial charge in [0.1, 0.15) is 16.8 Å². The SMILES string of the molecule is C=C1/C=C\C=C(\c2nc(-c3ccccc3)c3oc4ccccc4c3n2)CSc2c1ccc1c3ccccc3n(-c3ccccc3)c21. The van der Waals surface area contributed by atoms with Crippen LogP contribution < -0.4 is 0 Å². The van der Waals surface area contributed by atoms with Crippen LogP contribution in [0.5, 0.6) is 0 Å². The zero-order chi connectivity index (χ0) is 30.6.